The van der Waals surface area contributed by atoms with Crippen molar-refractivity contribution in [3.8, 4) is 5.75 Å². The van der Waals surface area contributed by atoms with Crippen LogP contribution in [0.3, 0.4) is 0 Å². The molecule has 0 atom stereocenters. The third-order valence-corrected chi connectivity index (χ3v) is 3.75. The monoisotopic (exact) mass is 316 g/mol. The molecule has 0 fully saturated rings. The molecule has 1 aliphatic heterocycles. The Morgan fingerprint density at radius 3 is 2.79 bits per heavy atom. The van der Waals surface area contributed by atoms with Crippen LogP contribution >= 0.6 is 15.9 Å². The zero-order valence-electron chi connectivity index (χ0n) is 10.4. The fraction of sp³-hybridized carbons (Fsp3) is 0.188. The first-order valence-corrected chi connectivity index (χ1v) is 7.09. The van der Waals surface area contributed by atoms with Gasteiger partial charge in [0.05, 0.1) is 6.61 Å². The van der Waals surface area contributed by atoms with Crippen LogP contribution in [0.25, 0.3) is 0 Å². The van der Waals surface area contributed by atoms with E-state index in [2.05, 4.69) is 15.9 Å². The summed E-state index contributed by atoms with van der Waals surface area (Å²) in [4.78, 5) is 12.4. The van der Waals surface area contributed by atoms with Gasteiger partial charge in [-0.15, -0.1) is 0 Å². The van der Waals surface area contributed by atoms with Crippen molar-refractivity contribution in [2.75, 3.05) is 6.61 Å². The van der Waals surface area contributed by atoms with Crippen LogP contribution in [-0.4, -0.2) is 12.4 Å². The van der Waals surface area contributed by atoms with E-state index < -0.39 is 0 Å². The molecular weight excluding hydrogens is 304 g/mol. The van der Waals surface area contributed by atoms with E-state index in [0.29, 0.717) is 5.56 Å². The largest absolute Gasteiger partial charge is 0.493 e. The maximum absolute atomic E-state index is 12.4. The van der Waals surface area contributed by atoms with E-state index >= 15 is 0 Å². The Morgan fingerprint density at radius 2 is 1.95 bits per heavy atom. The number of carbonyl (C=O) groups excluding carboxylic acids is 1. The van der Waals surface area contributed by atoms with Gasteiger partial charge in [-0.05, 0) is 48.7 Å². The van der Waals surface area contributed by atoms with Gasteiger partial charge in [-0.25, -0.2) is 0 Å². The van der Waals surface area contributed by atoms with Gasteiger partial charge in [-0.2, -0.15) is 0 Å². The van der Waals surface area contributed by atoms with E-state index in [9.17, 15) is 4.79 Å². The van der Waals surface area contributed by atoms with Crippen LogP contribution in [0.1, 0.15) is 27.9 Å². The van der Waals surface area contributed by atoms with Gasteiger partial charge in [0, 0.05) is 15.6 Å². The highest BCUT2D eigenvalue weighted by molar-refractivity contribution is 9.10. The fourth-order valence-electron chi connectivity index (χ4n) is 2.30. The van der Waals surface area contributed by atoms with Gasteiger partial charge < -0.3 is 4.74 Å². The molecule has 0 aliphatic carbocycles. The summed E-state index contributed by atoms with van der Waals surface area (Å²) in [5, 5.41) is 0. The summed E-state index contributed by atoms with van der Waals surface area (Å²) in [6, 6.07) is 13.2. The maximum atomic E-state index is 12.4. The number of aryl methyl sites for hydroxylation is 1. The van der Waals surface area contributed by atoms with Gasteiger partial charge in [-0.1, -0.05) is 28.1 Å². The van der Waals surface area contributed by atoms with Gasteiger partial charge in [0.15, 0.2) is 5.78 Å². The fourth-order valence-corrected chi connectivity index (χ4v) is 2.70. The van der Waals surface area contributed by atoms with Gasteiger partial charge in [0.1, 0.15) is 5.75 Å². The number of carbonyl (C=O) groups is 1. The van der Waals surface area contributed by atoms with Crippen molar-refractivity contribution in [1.82, 2.24) is 0 Å². The Kier molecular flexibility index (Phi) is 3.38. The highest BCUT2D eigenvalue weighted by atomic mass is 79.9. The van der Waals surface area contributed by atoms with Crippen LogP contribution < -0.4 is 4.74 Å². The smallest absolute Gasteiger partial charge is 0.193 e. The van der Waals surface area contributed by atoms with E-state index in [1.807, 2.05) is 42.5 Å². The molecule has 0 N–H and O–H groups in total. The highest BCUT2D eigenvalue weighted by Crippen LogP contribution is 2.26. The van der Waals surface area contributed by atoms with Gasteiger partial charge >= 0.3 is 0 Å². The predicted octanol–water partition coefficient (Wildman–Crippen LogP) is 4.01. The zero-order chi connectivity index (χ0) is 13.2. The third-order valence-electron chi connectivity index (χ3n) is 3.26. The summed E-state index contributed by atoms with van der Waals surface area (Å²) in [7, 11) is 0. The second kappa shape index (κ2) is 5.17. The van der Waals surface area contributed by atoms with E-state index in [1.165, 1.54) is 0 Å². The van der Waals surface area contributed by atoms with Crippen LogP contribution in [0, 0.1) is 0 Å². The van der Waals surface area contributed by atoms with Crippen molar-refractivity contribution >= 4 is 21.7 Å². The number of fused-ring (bicyclic) bond motifs is 1. The molecule has 1 aliphatic rings. The van der Waals surface area contributed by atoms with Crippen LogP contribution in [0.2, 0.25) is 0 Å². The summed E-state index contributed by atoms with van der Waals surface area (Å²) in [5.41, 5.74) is 2.56. The Bertz CT molecular complexity index is 634. The maximum Gasteiger partial charge on any atom is 0.193 e. The quantitative estimate of drug-likeness (QED) is 0.783. The second-order valence-corrected chi connectivity index (χ2v) is 5.53. The molecule has 2 aromatic carbocycles. The topological polar surface area (TPSA) is 26.3 Å². The molecule has 0 unspecified atom stereocenters. The van der Waals surface area contributed by atoms with E-state index in [0.717, 1.165) is 40.8 Å². The van der Waals surface area contributed by atoms with Gasteiger partial charge in [0.2, 0.25) is 0 Å². The first-order chi connectivity index (χ1) is 9.24. The number of ketones is 1. The summed E-state index contributed by atoms with van der Waals surface area (Å²) >= 11 is 3.39. The molecule has 19 heavy (non-hydrogen) atoms. The van der Waals surface area contributed by atoms with Crippen molar-refractivity contribution < 1.29 is 9.53 Å². The first-order valence-electron chi connectivity index (χ1n) is 6.30. The normalized spacial score (nSPS) is 13.5. The Morgan fingerprint density at radius 1 is 1.11 bits per heavy atom. The average Bonchev–Trinajstić information content (AvgIpc) is 2.46. The summed E-state index contributed by atoms with van der Waals surface area (Å²) in [6.45, 7) is 0.770. The Labute approximate surface area is 120 Å². The molecule has 1 heterocycles. The lowest BCUT2D eigenvalue weighted by atomic mass is 9.98. The van der Waals surface area contributed by atoms with E-state index in [-0.39, 0.29) is 5.78 Å². The molecular formula is C16H13BrO2. The van der Waals surface area contributed by atoms with Crippen LogP contribution in [0.15, 0.2) is 46.9 Å². The number of rotatable bonds is 2. The molecule has 0 aromatic heterocycles. The summed E-state index contributed by atoms with van der Waals surface area (Å²) in [5.74, 6) is 0.965. The molecule has 0 amide bonds. The van der Waals surface area contributed by atoms with E-state index in [1.54, 1.807) is 0 Å². The number of hydrogen-bond acceptors (Lipinski definition) is 2. The zero-order valence-corrected chi connectivity index (χ0v) is 11.9. The lowest BCUT2D eigenvalue weighted by molar-refractivity contribution is 0.103. The van der Waals surface area contributed by atoms with Crippen molar-refractivity contribution in [1.29, 1.82) is 0 Å². The van der Waals surface area contributed by atoms with Crippen molar-refractivity contribution in [2.24, 2.45) is 0 Å². The molecule has 96 valence electrons. The highest BCUT2D eigenvalue weighted by Gasteiger charge is 2.15. The van der Waals surface area contributed by atoms with Crippen LogP contribution in [-0.2, 0) is 6.42 Å². The standard InChI is InChI=1S/C16H13BrO2/c17-14-5-1-3-12(10-14)16(18)13-6-7-15-11(9-13)4-2-8-19-15/h1,3,5-7,9-10H,2,4,8H2. The van der Waals surface area contributed by atoms with Crippen LogP contribution in [0.5, 0.6) is 5.75 Å². The molecule has 0 spiro atoms. The Hall–Kier alpha value is -1.61. The SMILES string of the molecule is O=C(c1cccc(Br)c1)c1ccc2c(c1)CCCO2. The van der Waals surface area contributed by atoms with E-state index in [4.69, 9.17) is 4.74 Å². The predicted molar refractivity (Wildman–Crippen MR) is 77.8 cm³/mol. The van der Waals surface area contributed by atoms with Gasteiger partial charge in [-0.3, -0.25) is 4.79 Å². The van der Waals surface area contributed by atoms with Gasteiger partial charge in [0.25, 0.3) is 0 Å². The number of benzene rings is 2. The van der Waals surface area contributed by atoms with Crippen molar-refractivity contribution in [2.45, 2.75) is 12.8 Å². The minimum absolute atomic E-state index is 0.0506. The second-order valence-electron chi connectivity index (χ2n) is 4.61. The number of ether oxygens (including phenoxy) is 1. The molecule has 3 heteroatoms. The molecule has 2 nitrogen and oxygen atoms in total. The molecule has 0 radical (unpaired) electrons. The molecule has 2 aromatic rings. The number of hydrogen-bond donors (Lipinski definition) is 0. The third kappa shape index (κ3) is 2.56. The molecule has 0 bridgehead atoms. The lowest BCUT2D eigenvalue weighted by Crippen LogP contribution is -2.10. The minimum atomic E-state index is 0.0506. The number of halogens is 1. The van der Waals surface area contributed by atoms with Crippen LogP contribution in [0.4, 0.5) is 0 Å². The summed E-state index contributed by atoms with van der Waals surface area (Å²) in [6.07, 6.45) is 2.00. The minimum Gasteiger partial charge on any atom is -0.493 e. The van der Waals surface area contributed by atoms with Crippen molar-refractivity contribution in [3.05, 3.63) is 63.6 Å². The molecule has 0 saturated carbocycles. The molecule has 0 saturated heterocycles. The summed E-state index contributed by atoms with van der Waals surface area (Å²) < 4.78 is 6.48. The average molecular weight is 317 g/mol. The Balaban J connectivity index is 1.96. The molecule has 3 rings (SSSR count). The lowest BCUT2D eigenvalue weighted by Gasteiger charge is -2.17. The first kappa shape index (κ1) is 12.4. The van der Waals surface area contributed by atoms with Crippen molar-refractivity contribution in [3.63, 3.8) is 0 Å².